The first-order valence-corrected chi connectivity index (χ1v) is 5.79. The van der Waals surface area contributed by atoms with Crippen molar-refractivity contribution in [1.29, 1.82) is 0 Å². The molecule has 84 valence electrons. The second-order valence-electron chi connectivity index (χ2n) is 3.17. The van der Waals surface area contributed by atoms with E-state index in [0.29, 0.717) is 18.2 Å². The Labute approximate surface area is 99.1 Å². The molecule has 1 rings (SSSR count). The van der Waals surface area contributed by atoms with Crippen molar-refractivity contribution < 1.29 is 9.13 Å². The highest BCUT2D eigenvalue weighted by Crippen LogP contribution is 2.20. The van der Waals surface area contributed by atoms with Crippen LogP contribution in [0.4, 0.5) is 4.39 Å². The van der Waals surface area contributed by atoms with Gasteiger partial charge in [-0.2, -0.15) is 0 Å². The monoisotopic (exact) mass is 250 g/mol. The van der Waals surface area contributed by atoms with Crippen molar-refractivity contribution in [3.8, 4) is 5.75 Å². The summed E-state index contributed by atoms with van der Waals surface area (Å²) in [4.78, 5) is 0. The SMILES string of the molecule is Fc1cc(OCCCCCCl)ccc1Cl. The Balaban J connectivity index is 2.28. The van der Waals surface area contributed by atoms with Crippen LogP contribution in [0, 0.1) is 5.82 Å². The van der Waals surface area contributed by atoms with Gasteiger partial charge in [0.2, 0.25) is 0 Å². The molecular weight excluding hydrogens is 238 g/mol. The molecule has 0 fully saturated rings. The molecule has 0 aliphatic heterocycles. The number of hydrogen-bond donors (Lipinski definition) is 0. The smallest absolute Gasteiger partial charge is 0.145 e. The van der Waals surface area contributed by atoms with Gasteiger partial charge in [-0.3, -0.25) is 0 Å². The van der Waals surface area contributed by atoms with E-state index < -0.39 is 5.82 Å². The minimum atomic E-state index is -0.449. The third-order valence-electron chi connectivity index (χ3n) is 1.94. The molecule has 1 aromatic rings. The maximum Gasteiger partial charge on any atom is 0.145 e. The molecule has 1 nitrogen and oxygen atoms in total. The lowest BCUT2D eigenvalue weighted by atomic mass is 10.2. The Morgan fingerprint density at radius 1 is 1.20 bits per heavy atom. The lowest BCUT2D eigenvalue weighted by Gasteiger charge is -2.05. The molecule has 0 atom stereocenters. The number of hydrogen-bond acceptors (Lipinski definition) is 1. The van der Waals surface area contributed by atoms with Crippen LogP contribution in [0.15, 0.2) is 18.2 Å². The summed E-state index contributed by atoms with van der Waals surface area (Å²) in [5.41, 5.74) is 0. The largest absolute Gasteiger partial charge is 0.493 e. The zero-order valence-corrected chi connectivity index (χ0v) is 9.82. The van der Waals surface area contributed by atoms with Gasteiger partial charge >= 0.3 is 0 Å². The molecule has 0 unspecified atom stereocenters. The first-order valence-electron chi connectivity index (χ1n) is 4.88. The first-order chi connectivity index (χ1) is 7.24. The van der Waals surface area contributed by atoms with Crippen LogP contribution >= 0.6 is 23.2 Å². The lowest BCUT2D eigenvalue weighted by molar-refractivity contribution is 0.305. The van der Waals surface area contributed by atoms with Gasteiger partial charge in [-0.25, -0.2) is 4.39 Å². The average Bonchev–Trinajstić information content (AvgIpc) is 2.23. The van der Waals surface area contributed by atoms with Gasteiger partial charge in [0.1, 0.15) is 11.6 Å². The third-order valence-corrected chi connectivity index (χ3v) is 2.51. The van der Waals surface area contributed by atoms with Crippen molar-refractivity contribution in [2.24, 2.45) is 0 Å². The molecule has 15 heavy (non-hydrogen) atoms. The van der Waals surface area contributed by atoms with Crippen LogP contribution in [0.3, 0.4) is 0 Å². The lowest BCUT2D eigenvalue weighted by Crippen LogP contribution is -1.97. The van der Waals surface area contributed by atoms with Gasteiger partial charge in [0.25, 0.3) is 0 Å². The van der Waals surface area contributed by atoms with Gasteiger partial charge in [0.05, 0.1) is 11.6 Å². The Hall–Kier alpha value is -0.470. The topological polar surface area (TPSA) is 9.23 Å². The Kier molecular flexibility index (Phi) is 5.81. The normalized spacial score (nSPS) is 10.3. The fraction of sp³-hybridized carbons (Fsp3) is 0.455. The van der Waals surface area contributed by atoms with Gasteiger partial charge in [-0.15, -0.1) is 11.6 Å². The number of halogens is 3. The van der Waals surface area contributed by atoms with Crippen molar-refractivity contribution >= 4 is 23.2 Å². The third kappa shape index (κ3) is 4.72. The van der Waals surface area contributed by atoms with Gasteiger partial charge < -0.3 is 4.74 Å². The summed E-state index contributed by atoms with van der Waals surface area (Å²) in [7, 11) is 0. The zero-order chi connectivity index (χ0) is 11.1. The van der Waals surface area contributed by atoms with Crippen LogP contribution in [0.2, 0.25) is 5.02 Å². The van der Waals surface area contributed by atoms with E-state index in [-0.39, 0.29) is 5.02 Å². The molecule has 0 radical (unpaired) electrons. The standard InChI is InChI=1S/C11H13Cl2FO/c12-6-2-1-3-7-15-9-4-5-10(13)11(14)8-9/h4-5,8H,1-3,6-7H2. The van der Waals surface area contributed by atoms with Crippen molar-refractivity contribution in [2.45, 2.75) is 19.3 Å². The van der Waals surface area contributed by atoms with E-state index in [9.17, 15) is 4.39 Å². The molecule has 0 heterocycles. The minimum Gasteiger partial charge on any atom is -0.493 e. The van der Waals surface area contributed by atoms with E-state index in [0.717, 1.165) is 19.3 Å². The predicted molar refractivity (Wildman–Crippen MR) is 61.5 cm³/mol. The molecule has 4 heteroatoms. The fourth-order valence-electron chi connectivity index (χ4n) is 1.13. The molecule has 0 N–H and O–H groups in total. The number of alkyl halides is 1. The molecule has 0 saturated carbocycles. The van der Waals surface area contributed by atoms with E-state index in [1.165, 1.54) is 12.1 Å². The van der Waals surface area contributed by atoms with Crippen LogP contribution in [0.5, 0.6) is 5.75 Å². The molecule has 1 aromatic carbocycles. The highest BCUT2D eigenvalue weighted by Gasteiger charge is 2.01. The molecule has 0 bridgehead atoms. The van der Waals surface area contributed by atoms with Crippen LogP contribution in [0.25, 0.3) is 0 Å². The Morgan fingerprint density at radius 3 is 2.67 bits per heavy atom. The summed E-state index contributed by atoms with van der Waals surface area (Å²) in [5.74, 6) is 0.743. The molecule has 0 aliphatic rings. The summed E-state index contributed by atoms with van der Waals surface area (Å²) < 4.78 is 18.3. The molecule has 0 saturated heterocycles. The molecule has 0 aliphatic carbocycles. The van der Waals surface area contributed by atoms with E-state index in [4.69, 9.17) is 27.9 Å². The van der Waals surface area contributed by atoms with Crippen molar-refractivity contribution in [2.75, 3.05) is 12.5 Å². The number of rotatable bonds is 6. The Bertz CT molecular complexity index is 305. The molecule has 0 spiro atoms. The van der Waals surface area contributed by atoms with Gasteiger partial charge in [-0.05, 0) is 31.4 Å². The highest BCUT2D eigenvalue weighted by atomic mass is 35.5. The molecule has 0 aromatic heterocycles. The fourth-order valence-corrected chi connectivity index (χ4v) is 1.44. The second-order valence-corrected chi connectivity index (χ2v) is 3.96. The zero-order valence-electron chi connectivity index (χ0n) is 8.31. The summed E-state index contributed by atoms with van der Waals surface area (Å²) in [6.45, 7) is 0.581. The van der Waals surface area contributed by atoms with Crippen LogP contribution in [0.1, 0.15) is 19.3 Å². The second kappa shape index (κ2) is 6.91. The van der Waals surface area contributed by atoms with Gasteiger partial charge in [0, 0.05) is 11.9 Å². The number of benzene rings is 1. The molecular formula is C11H13Cl2FO. The van der Waals surface area contributed by atoms with Crippen LogP contribution in [-0.4, -0.2) is 12.5 Å². The summed E-state index contributed by atoms with van der Waals surface area (Å²) >= 11 is 11.1. The minimum absolute atomic E-state index is 0.115. The van der Waals surface area contributed by atoms with Gasteiger partial charge in [0.15, 0.2) is 0 Å². The van der Waals surface area contributed by atoms with Crippen molar-refractivity contribution in [3.05, 3.63) is 29.0 Å². The van der Waals surface area contributed by atoms with Crippen LogP contribution < -0.4 is 4.74 Å². The summed E-state index contributed by atoms with van der Waals surface area (Å²) in [5, 5.41) is 0.115. The predicted octanol–water partition coefficient (Wildman–Crippen LogP) is 4.27. The summed E-state index contributed by atoms with van der Waals surface area (Å²) in [6.07, 6.45) is 2.94. The van der Waals surface area contributed by atoms with Gasteiger partial charge in [-0.1, -0.05) is 11.6 Å². The highest BCUT2D eigenvalue weighted by molar-refractivity contribution is 6.30. The van der Waals surface area contributed by atoms with E-state index in [2.05, 4.69) is 0 Å². The Morgan fingerprint density at radius 2 is 2.00 bits per heavy atom. The number of ether oxygens (including phenoxy) is 1. The maximum atomic E-state index is 13.0. The van der Waals surface area contributed by atoms with E-state index in [1.54, 1.807) is 6.07 Å². The van der Waals surface area contributed by atoms with E-state index in [1.807, 2.05) is 0 Å². The first kappa shape index (κ1) is 12.6. The summed E-state index contributed by atoms with van der Waals surface area (Å²) in [6, 6.07) is 4.45. The van der Waals surface area contributed by atoms with E-state index >= 15 is 0 Å². The molecule has 0 amide bonds. The average molecular weight is 251 g/mol. The van der Waals surface area contributed by atoms with Crippen molar-refractivity contribution in [1.82, 2.24) is 0 Å². The van der Waals surface area contributed by atoms with Crippen LogP contribution in [-0.2, 0) is 0 Å². The maximum absolute atomic E-state index is 13.0. The quantitative estimate of drug-likeness (QED) is 0.542. The number of unbranched alkanes of at least 4 members (excludes halogenated alkanes) is 2. The van der Waals surface area contributed by atoms with Crippen molar-refractivity contribution in [3.63, 3.8) is 0 Å².